The summed E-state index contributed by atoms with van der Waals surface area (Å²) in [4.78, 5) is 12.1. The maximum absolute atomic E-state index is 12.1. The molecule has 5 heteroatoms. The van der Waals surface area contributed by atoms with E-state index in [4.69, 9.17) is 11.6 Å². The second-order valence-electron chi connectivity index (χ2n) is 4.06. The minimum atomic E-state index is -0.163. The summed E-state index contributed by atoms with van der Waals surface area (Å²) in [5.41, 5.74) is 2.39. The van der Waals surface area contributed by atoms with E-state index >= 15 is 0 Å². The predicted molar refractivity (Wildman–Crippen MR) is 86.0 cm³/mol. The zero-order valence-corrected chi connectivity index (χ0v) is 13.9. The lowest BCUT2D eigenvalue weighted by Gasteiger charge is -2.10. The average Bonchev–Trinajstić information content (AvgIpc) is 2.34. The van der Waals surface area contributed by atoms with Gasteiger partial charge >= 0.3 is 0 Å². The van der Waals surface area contributed by atoms with Crippen LogP contribution in [0.15, 0.2) is 45.3 Å². The van der Waals surface area contributed by atoms with Crippen molar-refractivity contribution < 1.29 is 4.79 Å². The Kier molecular flexibility index (Phi) is 4.66. The lowest BCUT2D eigenvalue weighted by molar-refractivity contribution is 0.102. The highest BCUT2D eigenvalue weighted by atomic mass is 79.9. The molecule has 2 nitrogen and oxygen atoms in total. The topological polar surface area (TPSA) is 29.1 Å². The van der Waals surface area contributed by atoms with Crippen molar-refractivity contribution >= 4 is 55.1 Å². The van der Waals surface area contributed by atoms with Gasteiger partial charge in [0.1, 0.15) is 0 Å². The number of hydrogen-bond acceptors (Lipinski definition) is 1. The SMILES string of the molecule is Cc1ccc(C(=O)Nc2c(Br)cc(Cl)cc2Br)cc1. The van der Waals surface area contributed by atoms with Gasteiger partial charge in [-0.25, -0.2) is 0 Å². The van der Waals surface area contributed by atoms with Gasteiger partial charge in [-0.3, -0.25) is 4.79 Å². The van der Waals surface area contributed by atoms with Crippen LogP contribution in [0.25, 0.3) is 0 Å². The third-order valence-electron chi connectivity index (χ3n) is 2.56. The van der Waals surface area contributed by atoms with Crippen molar-refractivity contribution in [3.05, 3.63) is 61.5 Å². The van der Waals surface area contributed by atoms with Crippen molar-refractivity contribution in [3.63, 3.8) is 0 Å². The Balaban J connectivity index is 2.26. The maximum atomic E-state index is 12.1. The molecule has 0 heterocycles. The minimum absolute atomic E-state index is 0.163. The third kappa shape index (κ3) is 3.59. The lowest BCUT2D eigenvalue weighted by Crippen LogP contribution is -2.12. The molecule has 0 aliphatic rings. The van der Waals surface area contributed by atoms with E-state index in [9.17, 15) is 4.79 Å². The number of benzene rings is 2. The zero-order valence-electron chi connectivity index (χ0n) is 10.0. The number of carbonyl (C=O) groups excluding carboxylic acids is 1. The van der Waals surface area contributed by atoms with Crippen LogP contribution in [0.1, 0.15) is 15.9 Å². The first-order valence-electron chi connectivity index (χ1n) is 5.50. The van der Waals surface area contributed by atoms with Crippen molar-refractivity contribution in [2.75, 3.05) is 5.32 Å². The molecular weight excluding hydrogens is 393 g/mol. The monoisotopic (exact) mass is 401 g/mol. The fourth-order valence-electron chi connectivity index (χ4n) is 1.55. The van der Waals surface area contributed by atoms with E-state index in [1.165, 1.54) is 0 Å². The van der Waals surface area contributed by atoms with Crippen LogP contribution in [0.4, 0.5) is 5.69 Å². The van der Waals surface area contributed by atoms with Gasteiger partial charge in [-0.15, -0.1) is 0 Å². The summed E-state index contributed by atoms with van der Waals surface area (Å²) in [7, 11) is 0. The number of amides is 1. The molecule has 2 rings (SSSR count). The Labute approximate surface area is 133 Å². The Bertz CT molecular complexity index is 603. The Morgan fingerprint density at radius 1 is 1.11 bits per heavy atom. The molecule has 0 radical (unpaired) electrons. The molecule has 1 amide bonds. The summed E-state index contributed by atoms with van der Waals surface area (Å²) in [5, 5.41) is 3.44. The molecule has 0 bridgehead atoms. The van der Waals surface area contributed by atoms with Crippen LogP contribution in [0.5, 0.6) is 0 Å². The van der Waals surface area contributed by atoms with Crippen LogP contribution in [0, 0.1) is 6.92 Å². The van der Waals surface area contributed by atoms with Gasteiger partial charge in [0.15, 0.2) is 0 Å². The van der Waals surface area contributed by atoms with E-state index in [1.807, 2.05) is 19.1 Å². The van der Waals surface area contributed by atoms with E-state index in [1.54, 1.807) is 24.3 Å². The van der Waals surface area contributed by atoms with E-state index < -0.39 is 0 Å². The summed E-state index contributed by atoms with van der Waals surface area (Å²) in [6.45, 7) is 1.98. The Hall–Kier alpha value is -0.840. The zero-order chi connectivity index (χ0) is 14.0. The number of carbonyl (C=O) groups is 1. The molecule has 0 fully saturated rings. The van der Waals surface area contributed by atoms with E-state index in [0.717, 1.165) is 14.5 Å². The third-order valence-corrected chi connectivity index (χ3v) is 4.03. The number of hydrogen-bond donors (Lipinski definition) is 1. The largest absolute Gasteiger partial charge is 0.320 e. The van der Waals surface area contributed by atoms with Gasteiger partial charge in [0.2, 0.25) is 0 Å². The normalized spacial score (nSPS) is 10.3. The van der Waals surface area contributed by atoms with Gasteiger partial charge in [0, 0.05) is 19.5 Å². The van der Waals surface area contributed by atoms with Gasteiger partial charge in [0.05, 0.1) is 5.69 Å². The van der Waals surface area contributed by atoms with Gasteiger partial charge in [-0.2, -0.15) is 0 Å². The van der Waals surface area contributed by atoms with E-state index in [-0.39, 0.29) is 5.91 Å². The molecule has 0 aliphatic heterocycles. The van der Waals surface area contributed by atoms with Crippen LogP contribution < -0.4 is 5.32 Å². The van der Waals surface area contributed by atoms with Gasteiger partial charge < -0.3 is 5.32 Å². The molecule has 0 aromatic heterocycles. The van der Waals surface area contributed by atoms with Crippen LogP contribution in [-0.4, -0.2) is 5.91 Å². The van der Waals surface area contributed by atoms with Crippen LogP contribution in [0.2, 0.25) is 5.02 Å². The fraction of sp³-hybridized carbons (Fsp3) is 0.0714. The minimum Gasteiger partial charge on any atom is -0.320 e. The molecule has 0 saturated heterocycles. The molecule has 0 saturated carbocycles. The van der Waals surface area contributed by atoms with Crippen LogP contribution in [0.3, 0.4) is 0 Å². The molecule has 0 aliphatic carbocycles. The summed E-state index contributed by atoms with van der Waals surface area (Å²) in [5.74, 6) is -0.163. The Morgan fingerprint density at radius 3 is 2.16 bits per heavy atom. The van der Waals surface area contributed by atoms with Gasteiger partial charge in [-0.05, 0) is 63.0 Å². The average molecular weight is 404 g/mol. The first-order chi connectivity index (χ1) is 8.97. The summed E-state index contributed by atoms with van der Waals surface area (Å²) >= 11 is 12.7. The molecule has 19 heavy (non-hydrogen) atoms. The molecule has 2 aromatic carbocycles. The first kappa shape index (κ1) is 14.6. The summed E-state index contributed by atoms with van der Waals surface area (Å²) in [6, 6.07) is 10.9. The van der Waals surface area contributed by atoms with Crippen molar-refractivity contribution in [3.8, 4) is 0 Å². The number of nitrogens with one attached hydrogen (secondary N) is 1. The predicted octanol–water partition coefficient (Wildman–Crippen LogP) is 5.43. The van der Waals surface area contributed by atoms with Crippen molar-refractivity contribution in [1.29, 1.82) is 0 Å². The summed E-state index contributed by atoms with van der Waals surface area (Å²) < 4.78 is 1.46. The highest BCUT2D eigenvalue weighted by molar-refractivity contribution is 9.11. The number of anilines is 1. The highest BCUT2D eigenvalue weighted by Crippen LogP contribution is 2.34. The molecule has 1 N–H and O–H groups in total. The molecule has 98 valence electrons. The second kappa shape index (κ2) is 6.07. The molecule has 0 unspecified atom stereocenters. The van der Waals surface area contributed by atoms with Gasteiger partial charge in [-0.1, -0.05) is 29.3 Å². The second-order valence-corrected chi connectivity index (χ2v) is 6.21. The molecule has 2 aromatic rings. The molecule has 0 spiro atoms. The molecular formula is C14H10Br2ClNO. The number of halogens is 3. The van der Waals surface area contributed by atoms with Crippen molar-refractivity contribution in [1.82, 2.24) is 0 Å². The number of aryl methyl sites for hydroxylation is 1. The fourth-order valence-corrected chi connectivity index (χ4v) is 3.42. The maximum Gasteiger partial charge on any atom is 0.255 e. The van der Waals surface area contributed by atoms with E-state index in [0.29, 0.717) is 16.3 Å². The van der Waals surface area contributed by atoms with Crippen LogP contribution >= 0.6 is 43.5 Å². The first-order valence-corrected chi connectivity index (χ1v) is 7.46. The smallest absolute Gasteiger partial charge is 0.255 e. The standard InChI is InChI=1S/C14H10Br2ClNO/c1-8-2-4-9(5-3-8)14(19)18-13-11(15)6-10(17)7-12(13)16/h2-7H,1H3,(H,18,19). The lowest BCUT2D eigenvalue weighted by atomic mass is 10.1. The van der Waals surface area contributed by atoms with Crippen molar-refractivity contribution in [2.45, 2.75) is 6.92 Å². The summed E-state index contributed by atoms with van der Waals surface area (Å²) in [6.07, 6.45) is 0. The molecule has 0 atom stereocenters. The van der Waals surface area contributed by atoms with Crippen LogP contribution in [-0.2, 0) is 0 Å². The van der Waals surface area contributed by atoms with Gasteiger partial charge in [0.25, 0.3) is 5.91 Å². The van der Waals surface area contributed by atoms with Crippen molar-refractivity contribution in [2.24, 2.45) is 0 Å². The quantitative estimate of drug-likeness (QED) is 0.712. The van der Waals surface area contributed by atoms with E-state index in [2.05, 4.69) is 37.2 Å². The Morgan fingerprint density at radius 2 is 1.63 bits per heavy atom. The number of rotatable bonds is 2. The highest BCUT2D eigenvalue weighted by Gasteiger charge is 2.12.